The van der Waals surface area contributed by atoms with Crippen LogP contribution in [0.1, 0.15) is 36.6 Å². The van der Waals surface area contributed by atoms with Crippen LogP contribution in [0.4, 0.5) is 0 Å². The second kappa shape index (κ2) is 9.08. The molecule has 0 aromatic heterocycles. The smallest absolute Gasteiger partial charge is 0.261 e. The fourth-order valence-electron chi connectivity index (χ4n) is 2.84. The number of benzene rings is 2. The molecule has 0 saturated heterocycles. The van der Waals surface area contributed by atoms with Crippen LogP contribution in [0.25, 0.3) is 0 Å². The minimum absolute atomic E-state index is 0.152. The molecule has 2 aromatic carbocycles. The second-order valence-corrected chi connectivity index (χ2v) is 7.75. The molecule has 1 heterocycles. The van der Waals surface area contributed by atoms with Gasteiger partial charge in [0.25, 0.3) is 17.7 Å². The van der Waals surface area contributed by atoms with Crippen LogP contribution in [0.2, 0.25) is 5.02 Å². The Morgan fingerprint density at radius 1 is 1.11 bits per heavy atom. The van der Waals surface area contributed by atoms with Gasteiger partial charge in [-0.2, -0.15) is 11.8 Å². The third-order valence-corrected chi connectivity index (χ3v) is 5.54. The van der Waals surface area contributed by atoms with Crippen molar-refractivity contribution in [3.05, 3.63) is 82.4 Å². The van der Waals surface area contributed by atoms with Gasteiger partial charge in [-0.15, -0.1) is 6.58 Å². The Hall–Kier alpha value is -2.57. The molecule has 0 bridgehead atoms. The van der Waals surface area contributed by atoms with E-state index in [2.05, 4.69) is 11.9 Å². The van der Waals surface area contributed by atoms with E-state index < -0.39 is 5.91 Å². The van der Waals surface area contributed by atoms with Crippen LogP contribution < -0.4 is 5.32 Å². The van der Waals surface area contributed by atoms with Crippen molar-refractivity contribution in [2.75, 3.05) is 18.8 Å². The molecule has 1 aliphatic rings. The Morgan fingerprint density at radius 2 is 1.82 bits per heavy atom. The maximum absolute atomic E-state index is 12.3. The lowest BCUT2D eigenvalue weighted by Crippen LogP contribution is -2.29. The van der Waals surface area contributed by atoms with Crippen molar-refractivity contribution in [3.8, 4) is 0 Å². The number of nitrogens with zero attached hydrogens (tertiary/aromatic N) is 1. The van der Waals surface area contributed by atoms with Crippen LogP contribution in [0.5, 0.6) is 0 Å². The van der Waals surface area contributed by atoms with Gasteiger partial charge in [0.15, 0.2) is 0 Å². The van der Waals surface area contributed by atoms with E-state index in [4.69, 9.17) is 11.6 Å². The fraction of sp³-hybridized carbons (Fsp3) is 0.190. The molecule has 7 heteroatoms. The van der Waals surface area contributed by atoms with E-state index in [0.717, 1.165) is 16.4 Å². The molecule has 0 spiro atoms. The maximum atomic E-state index is 12.3. The number of fused-ring (bicyclic) bond motifs is 1. The summed E-state index contributed by atoms with van der Waals surface area (Å²) >= 11 is 7.57. The summed E-state index contributed by atoms with van der Waals surface area (Å²) in [6.07, 6.45) is 1.50. The SMILES string of the molecule is C=CCN1C(=O)c2ccc(C(=O)NCCSCc3ccc(Cl)cc3)cc2C1=O. The van der Waals surface area contributed by atoms with Crippen LogP contribution in [-0.4, -0.2) is 41.5 Å². The molecule has 1 aliphatic heterocycles. The number of carbonyl (C=O) groups excluding carboxylic acids is 3. The number of hydrogen-bond donors (Lipinski definition) is 1. The summed E-state index contributed by atoms with van der Waals surface area (Å²) in [6, 6.07) is 12.2. The van der Waals surface area contributed by atoms with Gasteiger partial charge in [0.1, 0.15) is 0 Å². The molecule has 5 nitrogen and oxygen atoms in total. The summed E-state index contributed by atoms with van der Waals surface area (Å²) in [5.74, 6) is 0.571. The number of halogens is 1. The summed E-state index contributed by atoms with van der Waals surface area (Å²) in [6.45, 7) is 4.21. The van der Waals surface area contributed by atoms with Crippen LogP contribution in [0.3, 0.4) is 0 Å². The molecular formula is C21H19ClN2O3S. The van der Waals surface area contributed by atoms with E-state index in [0.29, 0.717) is 22.7 Å². The highest BCUT2D eigenvalue weighted by Gasteiger charge is 2.35. The average Bonchev–Trinajstić information content (AvgIpc) is 2.94. The van der Waals surface area contributed by atoms with E-state index in [-0.39, 0.29) is 23.9 Å². The molecule has 0 fully saturated rings. The Bertz CT molecular complexity index is 928. The summed E-state index contributed by atoms with van der Waals surface area (Å²) in [5.41, 5.74) is 2.12. The molecule has 3 amide bonds. The molecule has 0 saturated carbocycles. The van der Waals surface area contributed by atoms with Gasteiger partial charge < -0.3 is 5.32 Å². The molecule has 0 unspecified atom stereocenters. The lowest BCUT2D eigenvalue weighted by molar-refractivity contribution is 0.0672. The second-order valence-electron chi connectivity index (χ2n) is 6.20. The van der Waals surface area contributed by atoms with E-state index in [9.17, 15) is 14.4 Å². The Morgan fingerprint density at radius 3 is 2.54 bits per heavy atom. The molecular weight excluding hydrogens is 396 g/mol. The van der Waals surface area contributed by atoms with Crippen LogP contribution >= 0.6 is 23.4 Å². The van der Waals surface area contributed by atoms with Gasteiger partial charge >= 0.3 is 0 Å². The first kappa shape index (κ1) is 20.2. The summed E-state index contributed by atoms with van der Waals surface area (Å²) in [5, 5.41) is 3.55. The van der Waals surface area contributed by atoms with Crippen molar-refractivity contribution in [1.29, 1.82) is 0 Å². The molecule has 1 N–H and O–H groups in total. The summed E-state index contributed by atoms with van der Waals surface area (Å²) in [7, 11) is 0. The zero-order chi connectivity index (χ0) is 20.1. The Labute approximate surface area is 172 Å². The first-order chi connectivity index (χ1) is 13.5. The van der Waals surface area contributed by atoms with Crippen molar-refractivity contribution >= 4 is 41.1 Å². The highest BCUT2D eigenvalue weighted by molar-refractivity contribution is 7.98. The van der Waals surface area contributed by atoms with Crippen LogP contribution in [0.15, 0.2) is 55.1 Å². The zero-order valence-corrected chi connectivity index (χ0v) is 16.7. The largest absolute Gasteiger partial charge is 0.351 e. The normalized spacial score (nSPS) is 12.8. The Kier molecular flexibility index (Phi) is 6.54. The predicted octanol–water partition coefficient (Wildman–Crippen LogP) is 3.79. The lowest BCUT2D eigenvalue weighted by atomic mass is 10.1. The van der Waals surface area contributed by atoms with Crippen LogP contribution in [0, 0.1) is 0 Å². The molecule has 3 rings (SSSR count). The van der Waals surface area contributed by atoms with Crippen molar-refractivity contribution in [2.24, 2.45) is 0 Å². The number of carbonyl (C=O) groups is 3. The standard InChI is InChI=1S/C21H19ClN2O3S/c1-2-10-24-20(26)17-8-5-15(12-18(17)21(24)27)19(25)23-9-11-28-13-14-3-6-16(22)7-4-14/h2-8,12H,1,9-11,13H2,(H,23,25). The predicted molar refractivity (Wildman–Crippen MR) is 112 cm³/mol. The van der Waals surface area contributed by atoms with Crippen molar-refractivity contribution in [3.63, 3.8) is 0 Å². The van der Waals surface area contributed by atoms with E-state index in [1.807, 2.05) is 24.3 Å². The zero-order valence-electron chi connectivity index (χ0n) is 15.1. The van der Waals surface area contributed by atoms with Gasteiger partial charge in [-0.1, -0.05) is 29.8 Å². The number of rotatable bonds is 8. The van der Waals surface area contributed by atoms with Crippen molar-refractivity contribution < 1.29 is 14.4 Å². The number of imide groups is 1. The van der Waals surface area contributed by atoms with Gasteiger partial charge in [0.05, 0.1) is 11.1 Å². The molecule has 144 valence electrons. The van der Waals surface area contributed by atoms with Gasteiger partial charge in [-0.05, 0) is 35.9 Å². The van der Waals surface area contributed by atoms with E-state index in [1.165, 1.54) is 23.8 Å². The minimum atomic E-state index is -0.395. The van der Waals surface area contributed by atoms with Crippen molar-refractivity contribution in [1.82, 2.24) is 10.2 Å². The third-order valence-electron chi connectivity index (χ3n) is 4.26. The highest BCUT2D eigenvalue weighted by atomic mass is 35.5. The quantitative estimate of drug-likeness (QED) is 0.405. The van der Waals surface area contributed by atoms with Gasteiger partial charge in [0, 0.05) is 35.2 Å². The third kappa shape index (κ3) is 4.46. The number of thioether (sulfide) groups is 1. The fourth-order valence-corrected chi connectivity index (χ4v) is 3.78. The Balaban J connectivity index is 1.52. The summed E-state index contributed by atoms with van der Waals surface area (Å²) < 4.78 is 0. The minimum Gasteiger partial charge on any atom is -0.351 e. The van der Waals surface area contributed by atoms with E-state index >= 15 is 0 Å². The molecule has 0 aliphatic carbocycles. The number of hydrogen-bond acceptors (Lipinski definition) is 4. The molecule has 2 aromatic rings. The first-order valence-electron chi connectivity index (χ1n) is 8.73. The summed E-state index contributed by atoms with van der Waals surface area (Å²) in [4.78, 5) is 38.0. The number of amides is 3. The molecule has 28 heavy (non-hydrogen) atoms. The van der Waals surface area contributed by atoms with Gasteiger partial charge in [-0.3, -0.25) is 19.3 Å². The lowest BCUT2D eigenvalue weighted by Gasteiger charge is -2.09. The van der Waals surface area contributed by atoms with Crippen LogP contribution in [-0.2, 0) is 5.75 Å². The average molecular weight is 415 g/mol. The first-order valence-corrected chi connectivity index (χ1v) is 10.3. The monoisotopic (exact) mass is 414 g/mol. The van der Waals surface area contributed by atoms with Crippen molar-refractivity contribution in [2.45, 2.75) is 5.75 Å². The maximum Gasteiger partial charge on any atom is 0.261 e. The molecule has 0 atom stereocenters. The topological polar surface area (TPSA) is 66.5 Å². The van der Waals surface area contributed by atoms with Gasteiger partial charge in [-0.25, -0.2) is 0 Å². The molecule has 0 radical (unpaired) electrons. The highest BCUT2D eigenvalue weighted by Crippen LogP contribution is 2.24. The van der Waals surface area contributed by atoms with E-state index in [1.54, 1.807) is 17.8 Å². The van der Waals surface area contributed by atoms with Gasteiger partial charge in [0.2, 0.25) is 0 Å². The number of nitrogens with one attached hydrogen (secondary N) is 1.